The van der Waals surface area contributed by atoms with Gasteiger partial charge in [0.15, 0.2) is 0 Å². The van der Waals surface area contributed by atoms with E-state index in [4.69, 9.17) is 8.85 Å². The van der Waals surface area contributed by atoms with Crippen LogP contribution in [0.5, 0.6) is 0 Å². The Bertz CT molecular complexity index is 598. The summed E-state index contributed by atoms with van der Waals surface area (Å²) in [6, 6.07) is 9.13. The van der Waals surface area contributed by atoms with Gasteiger partial charge in [-0.05, 0) is 13.8 Å². The van der Waals surface area contributed by atoms with Gasteiger partial charge in [-0.2, -0.15) is 0 Å². The molecule has 0 aliphatic rings. The number of hydrogen-bond acceptors (Lipinski definition) is 4. The first-order valence-electron chi connectivity index (χ1n) is 7.34. The summed E-state index contributed by atoms with van der Waals surface area (Å²) in [7, 11) is -3.45. The molecule has 0 aromatic heterocycles. The summed E-state index contributed by atoms with van der Waals surface area (Å²) in [6.45, 7) is 16.0. The average Bonchev–Trinajstić information content (AvgIpc) is 2.45. The fraction of sp³-hybridized carbons (Fsp3) is 0.333. The highest BCUT2D eigenvalue weighted by molar-refractivity contribution is 6.86. The van der Waals surface area contributed by atoms with Crippen LogP contribution in [0.15, 0.2) is 54.6 Å². The fourth-order valence-electron chi connectivity index (χ4n) is 1.97. The second-order valence-corrected chi connectivity index (χ2v) is 10.3. The zero-order chi connectivity index (χ0) is 17.8. The first kappa shape index (κ1) is 18.9. The van der Waals surface area contributed by atoms with Crippen LogP contribution in [0.2, 0.25) is 5.04 Å². The van der Waals surface area contributed by atoms with Crippen LogP contribution in [0.25, 0.3) is 0 Å². The molecule has 1 aromatic carbocycles. The van der Waals surface area contributed by atoms with Crippen LogP contribution in [0, 0.1) is 0 Å². The first-order valence-corrected chi connectivity index (χ1v) is 9.16. The van der Waals surface area contributed by atoms with Crippen LogP contribution in [0.4, 0.5) is 0 Å². The quantitative estimate of drug-likeness (QED) is 0.613. The van der Waals surface area contributed by atoms with E-state index in [2.05, 4.69) is 13.2 Å². The Kier molecular flexibility index (Phi) is 5.72. The lowest BCUT2D eigenvalue weighted by atomic mass is 10.2. The lowest BCUT2D eigenvalue weighted by Crippen LogP contribution is -2.62. The van der Waals surface area contributed by atoms with E-state index in [0.29, 0.717) is 5.19 Å². The molecule has 0 aliphatic carbocycles. The largest absolute Gasteiger partial charge is 0.505 e. The van der Waals surface area contributed by atoms with Gasteiger partial charge in [-0.1, -0.05) is 64.3 Å². The van der Waals surface area contributed by atoms with Crippen LogP contribution in [0.1, 0.15) is 34.6 Å². The van der Waals surface area contributed by atoms with Crippen molar-refractivity contribution in [1.82, 2.24) is 0 Å². The third-order valence-corrected chi connectivity index (χ3v) is 7.32. The van der Waals surface area contributed by atoms with Gasteiger partial charge in [0.05, 0.1) is 0 Å². The molecule has 1 rings (SSSR count). The maximum Gasteiger partial charge on any atom is 0.505 e. The highest BCUT2D eigenvalue weighted by atomic mass is 28.4. The second kappa shape index (κ2) is 6.96. The zero-order valence-electron chi connectivity index (χ0n) is 14.4. The van der Waals surface area contributed by atoms with Crippen molar-refractivity contribution in [2.75, 3.05) is 0 Å². The number of carbonyl (C=O) groups excluding carboxylic acids is 2. The van der Waals surface area contributed by atoms with E-state index in [0.717, 1.165) is 0 Å². The minimum atomic E-state index is -3.45. The van der Waals surface area contributed by atoms with Crippen molar-refractivity contribution in [3.63, 3.8) is 0 Å². The molecule has 0 N–H and O–H groups in total. The molecule has 5 heteroatoms. The normalized spacial score (nSPS) is 11.5. The summed E-state index contributed by atoms with van der Waals surface area (Å²) in [5.74, 6) is -1.13. The third kappa shape index (κ3) is 4.19. The predicted octanol–water partition coefficient (Wildman–Crippen LogP) is 3.37. The van der Waals surface area contributed by atoms with Gasteiger partial charge in [-0.3, -0.25) is 0 Å². The maximum absolute atomic E-state index is 12.2. The van der Waals surface area contributed by atoms with Gasteiger partial charge in [0.25, 0.3) is 0 Å². The van der Waals surface area contributed by atoms with Gasteiger partial charge in [0, 0.05) is 21.4 Å². The lowest BCUT2D eigenvalue weighted by molar-refractivity contribution is -0.137. The standard InChI is InChI=1S/C18H24O4Si/c1-13(2)16(19)21-23(18(5,6)7,22-17(20)14(3)4)15-11-9-8-10-12-15/h8-12H,1,3H2,2,4-7H3. The van der Waals surface area contributed by atoms with Gasteiger partial charge in [0.1, 0.15) is 0 Å². The number of carbonyl (C=O) groups is 2. The summed E-state index contributed by atoms with van der Waals surface area (Å²) >= 11 is 0. The molecule has 0 fully saturated rings. The second-order valence-electron chi connectivity index (χ2n) is 6.57. The average molecular weight is 332 g/mol. The van der Waals surface area contributed by atoms with Gasteiger partial charge in [-0.25, -0.2) is 9.59 Å². The topological polar surface area (TPSA) is 52.6 Å². The fourth-order valence-corrected chi connectivity index (χ4v) is 5.23. The molecule has 0 atom stereocenters. The summed E-state index contributed by atoms with van der Waals surface area (Å²) in [5, 5.41) is 0.126. The molecule has 0 saturated heterocycles. The summed E-state index contributed by atoms with van der Waals surface area (Å²) in [5.41, 5.74) is 0.516. The Morgan fingerprint density at radius 3 is 1.61 bits per heavy atom. The SMILES string of the molecule is C=C(C)C(=O)O[Si](OC(=O)C(=C)C)(c1ccccc1)C(C)(C)C. The molecule has 124 valence electrons. The van der Waals surface area contributed by atoms with Crippen LogP contribution in [0.3, 0.4) is 0 Å². The van der Waals surface area contributed by atoms with Crippen molar-refractivity contribution in [1.29, 1.82) is 0 Å². The molecule has 0 spiro atoms. The van der Waals surface area contributed by atoms with Gasteiger partial charge in [-0.15, -0.1) is 0 Å². The molecule has 0 radical (unpaired) electrons. The molecular weight excluding hydrogens is 308 g/mol. The number of hydrogen-bond donors (Lipinski definition) is 0. The predicted molar refractivity (Wildman–Crippen MR) is 93.4 cm³/mol. The molecule has 0 unspecified atom stereocenters. The minimum Gasteiger partial charge on any atom is -0.478 e. The van der Waals surface area contributed by atoms with Crippen molar-refractivity contribution in [2.45, 2.75) is 39.7 Å². The van der Waals surface area contributed by atoms with Crippen LogP contribution in [-0.4, -0.2) is 20.5 Å². The monoisotopic (exact) mass is 332 g/mol. The summed E-state index contributed by atoms with van der Waals surface area (Å²) < 4.78 is 11.6. The highest BCUT2D eigenvalue weighted by Gasteiger charge is 2.57. The van der Waals surface area contributed by atoms with E-state index < -0.39 is 25.5 Å². The van der Waals surface area contributed by atoms with Crippen molar-refractivity contribution >= 4 is 25.7 Å². The molecule has 23 heavy (non-hydrogen) atoms. The number of benzene rings is 1. The van der Waals surface area contributed by atoms with E-state index in [9.17, 15) is 9.59 Å². The van der Waals surface area contributed by atoms with Crippen molar-refractivity contribution in [3.05, 3.63) is 54.6 Å². The van der Waals surface area contributed by atoms with Crippen molar-refractivity contribution in [2.24, 2.45) is 0 Å². The smallest absolute Gasteiger partial charge is 0.478 e. The van der Waals surface area contributed by atoms with Gasteiger partial charge < -0.3 is 8.85 Å². The lowest BCUT2D eigenvalue weighted by Gasteiger charge is -2.39. The Labute approximate surface area is 139 Å². The maximum atomic E-state index is 12.2. The van der Waals surface area contributed by atoms with E-state index in [-0.39, 0.29) is 11.1 Å². The van der Waals surface area contributed by atoms with Gasteiger partial charge >= 0.3 is 20.5 Å². The van der Waals surface area contributed by atoms with E-state index in [1.165, 1.54) is 0 Å². The molecule has 0 saturated carbocycles. The molecule has 0 aliphatic heterocycles. The summed E-state index contributed by atoms with van der Waals surface area (Å²) in [4.78, 5) is 24.5. The molecule has 4 nitrogen and oxygen atoms in total. The van der Waals surface area contributed by atoms with Crippen molar-refractivity contribution < 1.29 is 18.4 Å². The first-order chi connectivity index (χ1) is 10.5. The molecular formula is C18H24O4Si. The Balaban J connectivity index is 3.52. The molecule has 1 aromatic rings. The zero-order valence-corrected chi connectivity index (χ0v) is 15.4. The van der Waals surface area contributed by atoms with Crippen LogP contribution >= 0.6 is 0 Å². The summed E-state index contributed by atoms with van der Waals surface area (Å²) in [6.07, 6.45) is 0. The van der Waals surface area contributed by atoms with Gasteiger partial charge in [0.2, 0.25) is 0 Å². The number of rotatable bonds is 5. The highest BCUT2D eigenvalue weighted by Crippen LogP contribution is 2.38. The Morgan fingerprint density at radius 1 is 0.913 bits per heavy atom. The molecule has 0 bridgehead atoms. The van der Waals surface area contributed by atoms with E-state index in [1.807, 2.05) is 51.1 Å². The minimum absolute atomic E-state index is 0.258. The van der Waals surface area contributed by atoms with Crippen molar-refractivity contribution in [3.8, 4) is 0 Å². The van der Waals surface area contributed by atoms with E-state index >= 15 is 0 Å². The Morgan fingerprint density at radius 2 is 1.30 bits per heavy atom. The Hall–Kier alpha value is -2.14. The van der Waals surface area contributed by atoms with Crippen LogP contribution < -0.4 is 5.19 Å². The third-order valence-electron chi connectivity index (χ3n) is 3.31. The van der Waals surface area contributed by atoms with E-state index in [1.54, 1.807) is 13.8 Å². The molecule has 0 amide bonds. The van der Waals surface area contributed by atoms with Crippen LogP contribution in [-0.2, 0) is 18.4 Å². The molecule has 0 heterocycles.